The van der Waals surface area contributed by atoms with Gasteiger partial charge in [-0.15, -0.1) is 0 Å². The van der Waals surface area contributed by atoms with Crippen molar-refractivity contribution in [2.24, 2.45) is 23.7 Å². The van der Waals surface area contributed by atoms with Gasteiger partial charge in [-0.1, -0.05) is 19.8 Å². The smallest absolute Gasteiger partial charge is 0.0434 e. The number of aliphatic hydroxyl groups is 1. The van der Waals surface area contributed by atoms with Gasteiger partial charge in [-0.25, -0.2) is 0 Å². The van der Waals surface area contributed by atoms with E-state index in [-0.39, 0.29) is 0 Å². The van der Waals surface area contributed by atoms with Crippen LogP contribution in [-0.2, 0) is 0 Å². The van der Waals surface area contributed by atoms with Crippen molar-refractivity contribution >= 4 is 0 Å². The molecular weight excluding hydrogens is 198 g/mol. The number of rotatable bonds is 7. The number of hydrogen-bond acceptors (Lipinski definition) is 2. The van der Waals surface area contributed by atoms with Gasteiger partial charge in [-0.3, -0.25) is 0 Å². The number of nitrogens with one attached hydrogen (secondary N) is 1. The van der Waals surface area contributed by atoms with Crippen molar-refractivity contribution in [3.8, 4) is 0 Å². The largest absolute Gasteiger partial charge is 0.396 e. The fraction of sp³-hybridized carbons (Fsp3) is 1.00. The molecule has 0 aliphatic heterocycles. The Morgan fingerprint density at radius 3 is 2.75 bits per heavy atom. The molecule has 0 aromatic carbocycles. The minimum absolute atomic E-state index is 0.342. The summed E-state index contributed by atoms with van der Waals surface area (Å²) in [6.45, 7) is 4.89. The lowest BCUT2D eigenvalue weighted by Crippen LogP contribution is -2.30. The van der Waals surface area contributed by atoms with Crippen LogP contribution in [0.15, 0.2) is 0 Å². The first-order valence-electron chi connectivity index (χ1n) is 7.15. The Balaban J connectivity index is 1.60. The highest BCUT2D eigenvalue weighted by Crippen LogP contribution is 2.47. The fourth-order valence-corrected chi connectivity index (χ4v) is 3.73. The average Bonchev–Trinajstić information content (AvgIpc) is 2.89. The highest BCUT2D eigenvalue weighted by Gasteiger charge is 2.38. The van der Waals surface area contributed by atoms with E-state index >= 15 is 0 Å². The Morgan fingerprint density at radius 1 is 1.31 bits per heavy atom. The lowest BCUT2D eigenvalue weighted by atomic mass is 9.88. The van der Waals surface area contributed by atoms with Crippen LogP contribution < -0.4 is 5.32 Å². The van der Waals surface area contributed by atoms with Gasteiger partial charge in [-0.2, -0.15) is 0 Å². The van der Waals surface area contributed by atoms with Crippen molar-refractivity contribution in [2.45, 2.75) is 45.4 Å². The molecule has 0 aromatic heterocycles. The normalized spacial score (nSPS) is 34.5. The van der Waals surface area contributed by atoms with Crippen LogP contribution in [0.5, 0.6) is 0 Å². The molecule has 94 valence electrons. The Hall–Kier alpha value is -0.0800. The molecule has 2 heteroatoms. The zero-order valence-electron chi connectivity index (χ0n) is 10.6. The van der Waals surface area contributed by atoms with Crippen molar-refractivity contribution in [1.29, 1.82) is 0 Å². The Labute approximate surface area is 99.8 Å². The minimum Gasteiger partial charge on any atom is -0.396 e. The molecule has 2 rings (SSSR count). The van der Waals surface area contributed by atoms with E-state index in [2.05, 4.69) is 12.2 Å². The zero-order chi connectivity index (χ0) is 11.4. The molecule has 2 aliphatic carbocycles. The molecule has 4 unspecified atom stereocenters. The maximum atomic E-state index is 8.94. The SMILES string of the molecule is CCC(CCO)CNCC1CC2CCC1C2. The van der Waals surface area contributed by atoms with Crippen molar-refractivity contribution in [3.63, 3.8) is 0 Å². The Kier molecular flexibility index (Phi) is 4.66. The van der Waals surface area contributed by atoms with Crippen LogP contribution in [0.1, 0.15) is 45.4 Å². The van der Waals surface area contributed by atoms with Gasteiger partial charge in [0, 0.05) is 6.61 Å². The second-order valence-corrected chi connectivity index (χ2v) is 5.88. The predicted molar refractivity (Wildman–Crippen MR) is 67.3 cm³/mol. The Morgan fingerprint density at radius 2 is 2.19 bits per heavy atom. The minimum atomic E-state index is 0.342. The maximum Gasteiger partial charge on any atom is 0.0434 e. The van der Waals surface area contributed by atoms with E-state index in [0.29, 0.717) is 12.5 Å². The van der Waals surface area contributed by atoms with Crippen LogP contribution in [0.2, 0.25) is 0 Å². The first-order chi connectivity index (χ1) is 7.83. The summed E-state index contributed by atoms with van der Waals surface area (Å²) in [7, 11) is 0. The average molecular weight is 225 g/mol. The predicted octanol–water partition coefficient (Wildman–Crippen LogP) is 2.42. The molecule has 2 N–H and O–H groups in total. The molecule has 2 bridgehead atoms. The van der Waals surface area contributed by atoms with E-state index < -0.39 is 0 Å². The first kappa shape index (κ1) is 12.4. The van der Waals surface area contributed by atoms with E-state index in [9.17, 15) is 0 Å². The van der Waals surface area contributed by atoms with E-state index in [1.165, 1.54) is 38.6 Å². The summed E-state index contributed by atoms with van der Waals surface area (Å²) in [4.78, 5) is 0. The van der Waals surface area contributed by atoms with Crippen molar-refractivity contribution < 1.29 is 5.11 Å². The maximum absolute atomic E-state index is 8.94. The molecule has 0 saturated heterocycles. The third-order valence-corrected chi connectivity index (χ3v) is 4.84. The highest BCUT2D eigenvalue weighted by atomic mass is 16.3. The van der Waals surface area contributed by atoms with Gasteiger partial charge < -0.3 is 10.4 Å². The molecular formula is C14H27NO. The molecule has 2 fully saturated rings. The second kappa shape index (κ2) is 6.02. The molecule has 16 heavy (non-hydrogen) atoms. The van der Waals surface area contributed by atoms with Gasteiger partial charge in [0.15, 0.2) is 0 Å². The molecule has 0 radical (unpaired) electrons. The van der Waals surface area contributed by atoms with Gasteiger partial charge in [0.1, 0.15) is 0 Å². The second-order valence-electron chi connectivity index (χ2n) is 5.88. The summed E-state index contributed by atoms with van der Waals surface area (Å²) in [5.41, 5.74) is 0. The van der Waals surface area contributed by atoms with Crippen molar-refractivity contribution in [2.75, 3.05) is 19.7 Å². The number of hydrogen-bond donors (Lipinski definition) is 2. The molecule has 0 spiro atoms. The highest BCUT2D eigenvalue weighted by molar-refractivity contribution is 4.90. The van der Waals surface area contributed by atoms with E-state index in [4.69, 9.17) is 5.11 Å². The summed E-state index contributed by atoms with van der Waals surface area (Å²) in [5, 5.41) is 12.6. The number of aliphatic hydroxyl groups excluding tert-OH is 1. The van der Waals surface area contributed by atoms with Gasteiger partial charge in [-0.05, 0) is 62.4 Å². The van der Waals surface area contributed by atoms with Crippen molar-refractivity contribution in [1.82, 2.24) is 5.32 Å². The molecule has 2 nitrogen and oxygen atoms in total. The third-order valence-electron chi connectivity index (χ3n) is 4.84. The summed E-state index contributed by atoms with van der Waals surface area (Å²) >= 11 is 0. The molecule has 2 aliphatic rings. The van der Waals surface area contributed by atoms with Crippen LogP contribution in [0.4, 0.5) is 0 Å². The van der Waals surface area contributed by atoms with E-state index in [1.807, 2.05) is 0 Å². The standard InChI is InChI=1S/C14H27NO/c1-2-11(5-6-16)9-15-10-14-8-12-3-4-13(14)7-12/h11-16H,2-10H2,1H3. The van der Waals surface area contributed by atoms with E-state index in [0.717, 1.165) is 30.7 Å². The molecule has 0 heterocycles. The zero-order valence-corrected chi connectivity index (χ0v) is 10.6. The van der Waals surface area contributed by atoms with E-state index in [1.54, 1.807) is 0 Å². The fourth-order valence-electron chi connectivity index (χ4n) is 3.73. The van der Waals surface area contributed by atoms with Gasteiger partial charge in [0.2, 0.25) is 0 Å². The quantitative estimate of drug-likeness (QED) is 0.697. The van der Waals surface area contributed by atoms with Gasteiger partial charge >= 0.3 is 0 Å². The van der Waals surface area contributed by atoms with Crippen LogP contribution in [0.25, 0.3) is 0 Å². The summed E-state index contributed by atoms with van der Waals surface area (Å²) < 4.78 is 0. The molecule has 0 aromatic rings. The lowest BCUT2D eigenvalue weighted by Gasteiger charge is -2.23. The monoisotopic (exact) mass is 225 g/mol. The first-order valence-corrected chi connectivity index (χ1v) is 7.15. The summed E-state index contributed by atoms with van der Waals surface area (Å²) in [6, 6.07) is 0. The van der Waals surface area contributed by atoms with Crippen LogP contribution in [0.3, 0.4) is 0 Å². The van der Waals surface area contributed by atoms with Gasteiger partial charge in [0.05, 0.1) is 0 Å². The van der Waals surface area contributed by atoms with Crippen LogP contribution in [0, 0.1) is 23.7 Å². The van der Waals surface area contributed by atoms with Crippen LogP contribution in [-0.4, -0.2) is 24.8 Å². The van der Waals surface area contributed by atoms with Crippen molar-refractivity contribution in [3.05, 3.63) is 0 Å². The molecule has 2 saturated carbocycles. The molecule has 4 atom stereocenters. The Bertz CT molecular complexity index is 207. The summed E-state index contributed by atoms with van der Waals surface area (Å²) in [5.74, 6) is 3.74. The number of fused-ring (bicyclic) bond motifs is 2. The summed E-state index contributed by atoms with van der Waals surface area (Å²) in [6.07, 6.45) is 8.13. The van der Waals surface area contributed by atoms with Crippen LogP contribution >= 0.6 is 0 Å². The van der Waals surface area contributed by atoms with Gasteiger partial charge in [0.25, 0.3) is 0 Å². The third kappa shape index (κ3) is 2.98. The molecule has 0 amide bonds. The topological polar surface area (TPSA) is 32.3 Å². The lowest BCUT2D eigenvalue weighted by molar-refractivity contribution is 0.246.